The predicted molar refractivity (Wildman–Crippen MR) is 126 cm³/mol. The second kappa shape index (κ2) is 12.2. The molecule has 0 fully saturated rings. The lowest BCUT2D eigenvalue weighted by atomic mass is 10.1. The highest BCUT2D eigenvalue weighted by molar-refractivity contribution is 6.31. The molecular formula is C22H36N8O. The molecule has 1 heterocycles. The third-order valence-electron chi connectivity index (χ3n) is 4.05. The molecule has 1 aromatic heterocycles. The van der Waals surface area contributed by atoms with E-state index in [2.05, 4.69) is 47.8 Å². The highest BCUT2D eigenvalue weighted by Crippen LogP contribution is 2.20. The summed E-state index contributed by atoms with van der Waals surface area (Å²) in [5.41, 5.74) is 6.83. The Morgan fingerprint density at radius 1 is 1.16 bits per heavy atom. The van der Waals surface area contributed by atoms with Crippen LogP contribution < -0.4 is 10.2 Å². The molecule has 0 aliphatic carbocycles. The van der Waals surface area contributed by atoms with Gasteiger partial charge in [0.25, 0.3) is 0 Å². The molecule has 2 rings (SSSR count). The first-order valence-electron chi connectivity index (χ1n) is 10.5. The molecule has 0 amide bonds. The maximum atomic E-state index is 5.97. The van der Waals surface area contributed by atoms with Gasteiger partial charge < -0.3 is 20.0 Å². The monoisotopic (exact) mass is 428 g/mol. The number of hydrogen-bond acceptors (Lipinski definition) is 8. The Balaban J connectivity index is 2.18. The smallest absolute Gasteiger partial charge is 0.120 e. The SMILES string of the molecule is CNN=C(C=NCc1cc(Cn2cc(CN(C)C)nn2)cc(OC(C)C)c1)CN(C)C. The highest BCUT2D eigenvalue weighted by Gasteiger charge is 2.08. The normalized spacial score (nSPS) is 12.5. The largest absolute Gasteiger partial charge is 0.491 e. The molecule has 9 heteroatoms. The van der Waals surface area contributed by atoms with E-state index in [0.29, 0.717) is 19.6 Å². The van der Waals surface area contributed by atoms with Gasteiger partial charge in [0.05, 0.1) is 36.8 Å². The van der Waals surface area contributed by atoms with Crippen LogP contribution in [0, 0.1) is 0 Å². The summed E-state index contributed by atoms with van der Waals surface area (Å²) in [5.74, 6) is 0.837. The van der Waals surface area contributed by atoms with Crippen LogP contribution in [0.1, 0.15) is 30.7 Å². The Morgan fingerprint density at radius 2 is 1.90 bits per heavy atom. The molecule has 0 saturated carbocycles. The van der Waals surface area contributed by atoms with Gasteiger partial charge in [-0.05, 0) is 65.3 Å². The number of aliphatic imine (C=N–C) groups is 1. The van der Waals surface area contributed by atoms with Crippen molar-refractivity contribution < 1.29 is 4.74 Å². The van der Waals surface area contributed by atoms with Crippen LogP contribution in [0.2, 0.25) is 0 Å². The molecule has 0 radical (unpaired) electrons. The number of benzene rings is 1. The molecule has 9 nitrogen and oxygen atoms in total. The summed E-state index contributed by atoms with van der Waals surface area (Å²) in [4.78, 5) is 8.73. The Labute approximate surface area is 185 Å². The first-order chi connectivity index (χ1) is 14.7. The van der Waals surface area contributed by atoms with Gasteiger partial charge in [0.1, 0.15) is 5.75 Å². The maximum absolute atomic E-state index is 5.97. The molecule has 0 aliphatic rings. The Morgan fingerprint density at radius 3 is 2.55 bits per heavy atom. The quantitative estimate of drug-likeness (QED) is 0.411. The van der Waals surface area contributed by atoms with E-state index < -0.39 is 0 Å². The van der Waals surface area contributed by atoms with Gasteiger partial charge in [0, 0.05) is 26.4 Å². The van der Waals surface area contributed by atoms with Crippen LogP contribution in [-0.2, 0) is 19.6 Å². The lowest BCUT2D eigenvalue weighted by molar-refractivity contribution is 0.242. The van der Waals surface area contributed by atoms with E-state index >= 15 is 0 Å². The fraction of sp³-hybridized carbons (Fsp3) is 0.545. The zero-order chi connectivity index (χ0) is 22.8. The zero-order valence-corrected chi connectivity index (χ0v) is 19.8. The standard InChI is InChI=1S/C22H36N8O/c1-17(2)31-22-9-18(11-24-12-20(25-23-3)14-28(4)5)8-19(10-22)13-30-16-21(26-27-30)15-29(6)7/h8-10,12,16-17,23H,11,13-15H2,1-7H3. The van der Waals surface area contributed by atoms with Crippen molar-refractivity contribution >= 4 is 11.9 Å². The molecule has 170 valence electrons. The van der Waals surface area contributed by atoms with E-state index in [1.165, 1.54) is 0 Å². The third kappa shape index (κ3) is 9.27. The van der Waals surface area contributed by atoms with Gasteiger partial charge >= 0.3 is 0 Å². The number of aromatic nitrogens is 3. The molecule has 2 aromatic rings. The number of nitrogens with one attached hydrogen (secondary N) is 1. The lowest BCUT2D eigenvalue weighted by Gasteiger charge is -2.13. The number of hydrazone groups is 1. The molecule has 0 atom stereocenters. The van der Waals surface area contributed by atoms with Crippen molar-refractivity contribution in [3.8, 4) is 5.75 Å². The van der Waals surface area contributed by atoms with Gasteiger partial charge in [0.2, 0.25) is 0 Å². The summed E-state index contributed by atoms with van der Waals surface area (Å²) < 4.78 is 7.82. The number of ether oxygens (including phenoxy) is 1. The lowest BCUT2D eigenvalue weighted by Crippen LogP contribution is -2.24. The van der Waals surface area contributed by atoms with Crippen molar-refractivity contribution in [1.82, 2.24) is 30.2 Å². The van der Waals surface area contributed by atoms with Crippen molar-refractivity contribution in [1.29, 1.82) is 0 Å². The Kier molecular flexibility index (Phi) is 9.61. The minimum Gasteiger partial charge on any atom is -0.491 e. The first-order valence-corrected chi connectivity index (χ1v) is 10.5. The van der Waals surface area contributed by atoms with E-state index in [4.69, 9.17) is 4.74 Å². The predicted octanol–water partition coefficient (Wildman–Crippen LogP) is 1.88. The van der Waals surface area contributed by atoms with Crippen LogP contribution in [0.3, 0.4) is 0 Å². The molecule has 1 N–H and O–H groups in total. The van der Waals surface area contributed by atoms with Crippen LogP contribution in [-0.4, -0.2) is 84.6 Å². The summed E-state index contributed by atoms with van der Waals surface area (Å²) in [6.07, 6.45) is 3.89. The van der Waals surface area contributed by atoms with E-state index in [9.17, 15) is 0 Å². The molecule has 0 bridgehead atoms. The fourth-order valence-corrected chi connectivity index (χ4v) is 3.08. The van der Waals surface area contributed by atoms with Gasteiger partial charge in [-0.3, -0.25) is 4.99 Å². The summed E-state index contributed by atoms with van der Waals surface area (Å²) in [6, 6.07) is 6.24. The number of nitrogens with zero attached hydrogens (tertiary/aromatic N) is 7. The van der Waals surface area contributed by atoms with Gasteiger partial charge in [-0.25, -0.2) is 4.68 Å². The molecular weight excluding hydrogens is 392 g/mol. The number of rotatable bonds is 12. The minimum absolute atomic E-state index is 0.0964. The summed E-state index contributed by atoms with van der Waals surface area (Å²) in [5, 5.41) is 12.8. The van der Waals surface area contributed by atoms with Crippen LogP contribution in [0.15, 0.2) is 34.5 Å². The topological polar surface area (TPSA) is 83.2 Å². The molecule has 0 saturated heterocycles. The van der Waals surface area contributed by atoms with Gasteiger partial charge in [-0.1, -0.05) is 11.3 Å². The molecule has 0 unspecified atom stereocenters. The van der Waals surface area contributed by atoms with E-state index in [0.717, 1.165) is 34.8 Å². The Bertz CT molecular complexity index is 870. The Hall–Kier alpha value is -2.78. The summed E-state index contributed by atoms with van der Waals surface area (Å²) in [7, 11) is 9.84. The van der Waals surface area contributed by atoms with Gasteiger partial charge in [-0.2, -0.15) is 5.10 Å². The molecule has 0 spiro atoms. The summed E-state index contributed by atoms with van der Waals surface area (Å²) in [6.45, 7) is 6.70. The summed E-state index contributed by atoms with van der Waals surface area (Å²) >= 11 is 0. The van der Waals surface area contributed by atoms with Crippen LogP contribution >= 0.6 is 0 Å². The average molecular weight is 429 g/mol. The first kappa shape index (κ1) is 24.5. The van der Waals surface area contributed by atoms with Gasteiger partial charge in [-0.15, -0.1) is 5.10 Å². The van der Waals surface area contributed by atoms with Crippen molar-refractivity contribution in [3.05, 3.63) is 41.2 Å². The molecule has 0 aliphatic heterocycles. The van der Waals surface area contributed by atoms with Crippen LogP contribution in [0.5, 0.6) is 5.75 Å². The highest BCUT2D eigenvalue weighted by atomic mass is 16.5. The van der Waals surface area contributed by atoms with Gasteiger partial charge in [0.15, 0.2) is 0 Å². The third-order valence-corrected chi connectivity index (χ3v) is 4.05. The van der Waals surface area contributed by atoms with Crippen molar-refractivity contribution in [2.24, 2.45) is 10.1 Å². The molecule has 31 heavy (non-hydrogen) atoms. The van der Waals surface area contributed by atoms with Crippen LogP contribution in [0.25, 0.3) is 0 Å². The maximum Gasteiger partial charge on any atom is 0.120 e. The second-order valence-corrected chi connectivity index (χ2v) is 8.33. The van der Waals surface area contributed by atoms with E-state index in [1.807, 2.05) is 65.2 Å². The zero-order valence-electron chi connectivity index (χ0n) is 19.8. The van der Waals surface area contributed by atoms with Crippen molar-refractivity contribution in [2.45, 2.75) is 39.6 Å². The van der Waals surface area contributed by atoms with E-state index in [-0.39, 0.29) is 6.10 Å². The average Bonchev–Trinajstić information content (AvgIpc) is 3.06. The van der Waals surface area contributed by atoms with Crippen LogP contribution in [0.4, 0.5) is 0 Å². The second-order valence-electron chi connectivity index (χ2n) is 8.33. The fourth-order valence-electron chi connectivity index (χ4n) is 3.08. The van der Waals surface area contributed by atoms with Crippen molar-refractivity contribution in [2.75, 3.05) is 41.8 Å². The molecule has 1 aromatic carbocycles. The minimum atomic E-state index is 0.0964. The van der Waals surface area contributed by atoms with Crippen molar-refractivity contribution in [3.63, 3.8) is 0 Å². The number of hydrogen-bond donors (Lipinski definition) is 1. The van der Waals surface area contributed by atoms with E-state index in [1.54, 1.807) is 7.05 Å².